The lowest BCUT2D eigenvalue weighted by atomic mass is 10.2. The van der Waals surface area contributed by atoms with Crippen LogP contribution in [0.15, 0.2) is 18.3 Å². The Balaban J connectivity index is 2.85. The summed E-state index contributed by atoms with van der Waals surface area (Å²) in [4.78, 5) is 20.4. The first kappa shape index (κ1) is 14.5. The Labute approximate surface area is 110 Å². The van der Waals surface area contributed by atoms with Crippen LogP contribution in [0.3, 0.4) is 0 Å². The predicted molar refractivity (Wildman–Crippen MR) is 75.0 cm³/mol. The van der Waals surface area contributed by atoms with Crippen molar-refractivity contribution in [3.8, 4) is 0 Å². The minimum absolute atomic E-state index is 0.0543. The van der Waals surface area contributed by atoms with Crippen LogP contribution in [0, 0.1) is 0 Å². The van der Waals surface area contributed by atoms with Crippen molar-refractivity contribution in [3.05, 3.63) is 23.9 Å². The van der Waals surface area contributed by atoms with Crippen molar-refractivity contribution >= 4 is 11.7 Å². The lowest BCUT2D eigenvalue weighted by Gasteiger charge is -2.21. The van der Waals surface area contributed by atoms with Crippen LogP contribution in [-0.4, -0.2) is 42.0 Å². The van der Waals surface area contributed by atoms with Gasteiger partial charge in [0.25, 0.3) is 5.91 Å². The van der Waals surface area contributed by atoms with E-state index in [0.717, 1.165) is 32.0 Å². The van der Waals surface area contributed by atoms with E-state index < -0.39 is 0 Å². The van der Waals surface area contributed by atoms with E-state index in [1.807, 2.05) is 26.0 Å². The number of amides is 1. The maximum atomic E-state index is 12.1. The second-order valence-corrected chi connectivity index (χ2v) is 4.05. The zero-order chi connectivity index (χ0) is 13.5. The van der Waals surface area contributed by atoms with Crippen LogP contribution in [-0.2, 0) is 0 Å². The molecule has 1 aromatic heterocycles. The molecule has 0 aromatic carbocycles. The van der Waals surface area contributed by atoms with Gasteiger partial charge in [0, 0.05) is 32.4 Å². The van der Waals surface area contributed by atoms with Gasteiger partial charge in [-0.2, -0.15) is 0 Å². The normalized spacial score (nSPS) is 10.2. The van der Waals surface area contributed by atoms with Crippen molar-refractivity contribution in [1.29, 1.82) is 0 Å². The molecule has 0 aliphatic heterocycles. The monoisotopic (exact) mass is 249 g/mol. The Morgan fingerprint density at radius 2 is 1.67 bits per heavy atom. The molecule has 0 N–H and O–H groups in total. The zero-order valence-corrected chi connectivity index (χ0v) is 11.8. The third kappa shape index (κ3) is 3.22. The highest BCUT2D eigenvalue weighted by Gasteiger charge is 2.13. The molecule has 0 fully saturated rings. The van der Waals surface area contributed by atoms with E-state index in [2.05, 4.69) is 23.7 Å². The van der Waals surface area contributed by atoms with Crippen LogP contribution in [0.5, 0.6) is 0 Å². The number of hydrogen-bond donors (Lipinski definition) is 0. The number of aromatic nitrogens is 1. The number of carbonyl (C=O) groups excluding carboxylic acids is 1. The minimum atomic E-state index is 0.0543. The maximum Gasteiger partial charge on any atom is 0.255 e. The van der Waals surface area contributed by atoms with Gasteiger partial charge in [-0.1, -0.05) is 0 Å². The lowest BCUT2D eigenvalue weighted by Crippen LogP contribution is -2.30. The first-order valence-corrected chi connectivity index (χ1v) is 6.68. The summed E-state index contributed by atoms with van der Waals surface area (Å²) in [6, 6.07) is 3.78. The molecule has 0 atom stereocenters. The average Bonchev–Trinajstić information content (AvgIpc) is 2.42. The van der Waals surface area contributed by atoms with E-state index in [0.29, 0.717) is 5.56 Å². The first-order valence-electron chi connectivity index (χ1n) is 6.68. The van der Waals surface area contributed by atoms with Crippen LogP contribution in [0.25, 0.3) is 0 Å². The molecule has 4 nitrogen and oxygen atoms in total. The molecule has 0 saturated carbocycles. The first-order chi connectivity index (χ1) is 8.67. The fraction of sp³-hybridized carbons (Fsp3) is 0.571. The quantitative estimate of drug-likeness (QED) is 0.777. The summed E-state index contributed by atoms with van der Waals surface area (Å²) < 4.78 is 0. The Morgan fingerprint density at radius 3 is 2.06 bits per heavy atom. The number of carbonyl (C=O) groups is 1. The molecule has 0 spiro atoms. The van der Waals surface area contributed by atoms with Gasteiger partial charge in [-0.15, -0.1) is 0 Å². The van der Waals surface area contributed by atoms with Crippen LogP contribution >= 0.6 is 0 Å². The predicted octanol–water partition coefficient (Wildman–Crippen LogP) is 2.41. The molecule has 0 saturated heterocycles. The van der Waals surface area contributed by atoms with Gasteiger partial charge in [-0.25, -0.2) is 4.98 Å². The van der Waals surface area contributed by atoms with E-state index >= 15 is 0 Å². The lowest BCUT2D eigenvalue weighted by molar-refractivity contribution is 0.0772. The molecule has 18 heavy (non-hydrogen) atoms. The van der Waals surface area contributed by atoms with E-state index in [1.54, 1.807) is 11.1 Å². The van der Waals surface area contributed by atoms with E-state index in [-0.39, 0.29) is 5.91 Å². The van der Waals surface area contributed by atoms with Crippen molar-refractivity contribution < 1.29 is 4.79 Å². The fourth-order valence-corrected chi connectivity index (χ4v) is 1.94. The fourth-order valence-electron chi connectivity index (χ4n) is 1.94. The number of hydrogen-bond acceptors (Lipinski definition) is 3. The topological polar surface area (TPSA) is 36.4 Å². The maximum absolute atomic E-state index is 12.1. The summed E-state index contributed by atoms with van der Waals surface area (Å²) in [5.74, 6) is 0.981. The molecule has 0 radical (unpaired) electrons. The Kier molecular flexibility index (Phi) is 5.62. The highest BCUT2D eigenvalue weighted by atomic mass is 16.2. The minimum Gasteiger partial charge on any atom is -0.357 e. The highest BCUT2D eigenvalue weighted by Crippen LogP contribution is 2.12. The summed E-state index contributed by atoms with van der Waals surface area (Å²) in [5.41, 5.74) is 0.662. The van der Waals surface area contributed by atoms with Crippen molar-refractivity contribution in [2.24, 2.45) is 0 Å². The van der Waals surface area contributed by atoms with Crippen LogP contribution < -0.4 is 4.90 Å². The summed E-state index contributed by atoms with van der Waals surface area (Å²) in [6.07, 6.45) is 1.67. The van der Waals surface area contributed by atoms with E-state index in [4.69, 9.17) is 0 Å². The standard InChI is InChI=1S/C14H23N3O/c1-5-16(6-2)13-10-9-12(11-15-13)14(18)17(7-3)8-4/h9-11H,5-8H2,1-4H3. The average molecular weight is 249 g/mol. The molecule has 1 aromatic rings. The molecular weight excluding hydrogens is 226 g/mol. The van der Waals surface area contributed by atoms with Gasteiger partial charge in [0.15, 0.2) is 0 Å². The van der Waals surface area contributed by atoms with E-state index in [1.165, 1.54) is 0 Å². The Morgan fingerprint density at radius 1 is 1.06 bits per heavy atom. The molecule has 0 aliphatic rings. The second-order valence-electron chi connectivity index (χ2n) is 4.05. The van der Waals surface area contributed by atoms with Crippen molar-refractivity contribution in [1.82, 2.24) is 9.88 Å². The number of rotatable bonds is 6. The third-order valence-corrected chi connectivity index (χ3v) is 3.13. The summed E-state index contributed by atoms with van der Waals surface area (Å²) in [5, 5.41) is 0. The summed E-state index contributed by atoms with van der Waals surface area (Å²) in [6.45, 7) is 11.5. The zero-order valence-electron chi connectivity index (χ0n) is 11.8. The molecular formula is C14H23N3O. The molecule has 100 valence electrons. The van der Waals surface area contributed by atoms with Crippen molar-refractivity contribution in [2.75, 3.05) is 31.1 Å². The van der Waals surface area contributed by atoms with Crippen LogP contribution in [0.4, 0.5) is 5.82 Å². The van der Waals surface area contributed by atoms with Gasteiger partial charge in [-0.05, 0) is 39.8 Å². The molecule has 4 heteroatoms. The number of pyridine rings is 1. The van der Waals surface area contributed by atoms with Gasteiger partial charge < -0.3 is 9.80 Å². The molecule has 1 amide bonds. The van der Waals surface area contributed by atoms with Gasteiger partial charge in [0.1, 0.15) is 5.82 Å². The smallest absolute Gasteiger partial charge is 0.255 e. The summed E-state index contributed by atoms with van der Waals surface area (Å²) in [7, 11) is 0. The third-order valence-electron chi connectivity index (χ3n) is 3.13. The molecule has 1 heterocycles. The van der Waals surface area contributed by atoms with Gasteiger partial charge >= 0.3 is 0 Å². The van der Waals surface area contributed by atoms with Crippen molar-refractivity contribution in [2.45, 2.75) is 27.7 Å². The second kappa shape index (κ2) is 6.99. The Hall–Kier alpha value is -1.58. The molecule has 0 bridgehead atoms. The van der Waals surface area contributed by atoms with Crippen LogP contribution in [0.2, 0.25) is 0 Å². The van der Waals surface area contributed by atoms with Crippen LogP contribution in [0.1, 0.15) is 38.1 Å². The SMILES string of the molecule is CCN(CC)C(=O)c1ccc(N(CC)CC)nc1. The number of nitrogens with zero attached hydrogens (tertiary/aromatic N) is 3. The van der Waals surface area contributed by atoms with Gasteiger partial charge in [0.05, 0.1) is 5.56 Å². The summed E-state index contributed by atoms with van der Waals surface area (Å²) >= 11 is 0. The molecule has 0 aliphatic carbocycles. The van der Waals surface area contributed by atoms with Gasteiger partial charge in [-0.3, -0.25) is 4.79 Å². The number of anilines is 1. The molecule has 0 unspecified atom stereocenters. The Bertz CT molecular complexity index is 367. The highest BCUT2D eigenvalue weighted by molar-refractivity contribution is 5.94. The van der Waals surface area contributed by atoms with Gasteiger partial charge in [0.2, 0.25) is 0 Å². The van der Waals surface area contributed by atoms with Crippen molar-refractivity contribution in [3.63, 3.8) is 0 Å². The largest absolute Gasteiger partial charge is 0.357 e. The molecule has 1 rings (SSSR count). The van der Waals surface area contributed by atoms with E-state index in [9.17, 15) is 4.79 Å².